The van der Waals surface area contributed by atoms with Crippen molar-refractivity contribution in [2.45, 2.75) is 44.7 Å². The van der Waals surface area contributed by atoms with Crippen molar-refractivity contribution in [3.05, 3.63) is 124 Å². The van der Waals surface area contributed by atoms with Crippen molar-refractivity contribution in [3.63, 3.8) is 0 Å². The van der Waals surface area contributed by atoms with Crippen molar-refractivity contribution in [1.29, 1.82) is 0 Å². The largest absolute Gasteiger partial charge is 0.492 e. The lowest BCUT2D eigenvalue weighted by Crippen LogP contribution is -2.57. The number of ether oxygens (including phenoxy) is 1. The van der Waals surface area contributed by atoms with Crippen molar-refractivity contribution < 1.29 is 19.1 Å². The number of anilines is 2. The zero-order valence-corrected chi connectivity index (χ0v) is 27.1. The maximum absolute atomic E-state index is 15.0. The monoisotopic (exact) mass is 665 g/mol. The lowest BCUT2D eigenvalue weighted by Gasteiger charge is -2.39. The first-order chi connectivity index (χ1) is 21.8. The molecule has 7 nitrogen and oxygen atoms in total. The first-order valence-corrected chi connectivity index (χ1v) is 16.1. The fraction of sp³-hybridized carbons (Fsp3) is 0.270. The highest BCUT2D eigenvalue weighted by molar-refractivity contribution is 9.10. The first-order valence-electron chi connectivity index (χ1n) is 15.3. The summed E-state index contributed by atoms with van der Waals surface area (Å²) < 4.78 is 6.58. The number of carbonyl (C=O) groups excluding carboxylic acids is 3. The highest BCUT2D eigenvalue weighted by atomic mass is 79.9. The number of halogens is 1. The zero-order chi connectivity index (χ0) is 31.7. The molecule has 2 aliphatic heterocycles. The van der Waals surface area contributed by atoms with E-state index in [4.69, 9.17) is 4.74 Å². The van der Waals surface area contributed by atoms with E-state index in [9.17, 15) is 14.4 Å². The van der Waals surface area contributed by atoms with Crippen LogP contribution < -0.4 is 15.4 Å². The number of urea groups is 1. The zero-order valence-electron chi connectivity index (χ0n) is 25.5. The summed E-state index contributed by atoms with van der Waals surface area (Å²) in [5, 5.41) is 6.15. The normalized spacial score (nSPS) is 21.9. The van der Waals surface area contributed by atoms with Crippen LogP contribution in [0.1, 0.15) is 54.6 Å². The molecule has 45 heavy (non-hydrogen) atoms. The molecule has 4 aromatic carbocycles. The molecule has 2 N–H and O–H groups in total. The second kappa shape index (κ2) is 12.5. The van der Waals surface area contributed by atoms with E-state index in [-0.39, 0.29) is 11.7 Å². The third-order valence-corrected chi connectivity index (χ3v) is 9.30. The van der Waals surface area contributed by atoms with Crippen LogP contribution in [0, 0.1) is 11.8 Å². The predicted molar refractivity (Wildman–Crippen MR) is 180 cm³/mol. The summed E-state index contributed by atoms with van der Waals surface area (Å²) in [4.78, 5) is 46.3. The summed E-state index contributed by atoms with van der Waals surface area (Å²) in [5.74, 6) is -1.31. The van der Waals surface area contributed by atoms with Gasteiger partial charge in [-0.25, -0.2) is 4.79 Å². The third kappa shape index (κ3) is 5.31. The Morgan fingerprint density at radius 2 is 1.62 bits per heavy atom. The molecule has 1 saturated heterocycles. The number of likely N-dealkylation sites (tertiary alicyclic amines) is 1. The van der Waals surface area contributed by atoms with E-state index < -0.39 is 35.4 Å². The molecule has 1 fully saturated rings. The van der Waals surface area contributed by atoms with Gasteiger partial charge in [0.05, 0.1) is 18.2 Å². The van der Waals surface area contributed by atoms with E-state index in [0.717, 1.165) is 10.0 Å². The summed E-state index contributed by atoms with van der Waals surface area (Å²) in [6.45, 7) is 6.50. The molecule has 2 aliphatic rings. The topological polar surface area (TPSA) is 87.7 Å². The van der Waals surface area contributed by atoms with Crippen molar-refractivity contribution >= 4 is 45.0 Å². The Labute approximate surface area is 272 Å². The Hall–Kier alpha value is -4.43. The SMILES string of the molecule is CCOc1ccccc1NC(=O)N1C(CC(C)C)C(c2ccccc2)C(C(=O)c2ccccc2)C12C(=O)Nc1ccc(Br)cc12. The number of benzene rings is 4. The van der Waals surface area contributed by atoms with E-state index in [0.29, 0.717) is 41.3 Å². The number of fused-ring (bicyclic) bond motifs is 2. The number of nitrogens with one attached hydrogen (secondary N) is 2. The second-order valence-corrected chi connectivity index (χ2v) is 12.9. The van der Waals surface area contributed by atoms with Gasteiger partial charge in [0.2, 0.25) is 0 Å². The molecule has 0 radical (unpaired) electrons. The highest BCUT2D eigenvalue weighted by Gasteiger charge is 2.70. The average Bonchev–Trinajstić information content (AvgIpc) is 3.49. The lowest BCUT2D eigenvalue weighted by molar-refractivity contribution is -0.126. The van der Waals surface area contributed by atoms with Gasteiger partial charge in [-0.3, -0.25) is 9.59 Å². The van der Waals surface area contributed by atoms with Gasteiger partial charge in [0.1, 0.15) is 5.75 Å². The molecule has 0 aromatic heterocycles. The van der Waals surface area contributed by atoms with Crippen LogP contribution in [0.15, 0.2) is 108 Å². The van der Waals surface area contributed by atoms with Gasteiger partial charge < -0.3 is 20.3 Å². The van der Waals surface area contributed by atoms with E-state index in [1.165, 1.54) is 0 Å². The molecule has 4 unspecified atom stereocenters. The number of amides is 3. The predicted octanol–water partition coefficient (Wildman–Crippen LogP) is 8.24. The molecule has 1 spiro atoms. The minimum atomic E-state index is -1.64. The molecule has 4 atom stereocenters. The minimum absolute atomic E-state index is 0.154. The number of hydrogen-bond donors (Lipinski definition) is 2. The summed E-state index contributed by atoms with van der Waals surface area (Å²) in [6.07, 6.45) is 0.566. The van der Waals surface area contributed by atoms with Crippen LogP contribution in [0.4, 0.5) is 16.2 Å². The smallest absolute Gasteiger partial charge is 0.323 e. The van der Waals surface area contributed by atoms with Crippen LogP contribution in [0.3, 0.4) is 0 Å². The van der Waals surface area contributed by atoms with E-state index in [1.807, 2.05) is 85.8 Å². The number of carbonyl (C=O) groups is 3. The van der Waals surface area contributed by atoms with Crippen LogP contribution in [-0.4, -0.2) is 35.3 Å². The lowest BCUT2D eigenvalue weighted by atomic mass is 9.69. The number of para-hydroxylation sites is 2. The fourth-order valence-corrected chi connectivity index (χ4v) is 7.54. The summed E-state index contributed by atoms with van der Waals surface area (Å²) in [5.41, 5.74) is 1.42. The van der Waals surface area contributed by atoms with Gasteiger partial charge in [-0.2, -0.15) is 0 Å². The van der Waals surface area contributed by atoms with E-state index in [2.05, 4.69) is 40.4 Å². The Bertz CT molecular complexity index is 1730. The maximum atomic E-state index is 15.0. The van der Waals surface area contributed by atoms with Gasteiger partial charge in [-0.05, 0) is 55.2 Å². The molecule has 0 bridgehead atoms. The summed E-state index contributed by atoms with van der Waals surface area (Å²) >= 11 is 3.61. The minimum Gasteiger partial charge on any atom is -0.492 e. The fourth-order valence-electron chi connectivity index (χ4n) is 7.18. The van der Waals surface area contributed by atoms with Crippen LogP contribution >= 0.6 is 15.9 Å². The quantitative estimate of drug-likeness (QED) is 0.186. The second-order valence-electron chi connectivity index (χ2n) is 12.0. The Morgan fingerprint density at radius 1 is 0.956 bits per heavy atom. The van der Waals surface area contributed by atoms with Crippen LogP contribution in [0.2, 0.25) is 0 Å². The molecular weight excluding hydrogens is 630 g/mol. The van der Waals surface area contributed by atoms with E-state index >= 15 is 0 Å². The molecule has 0 saturated carbocycles. The van der Waals surface area contributed by atoms with Crippen molar-refractivity contribution in [2.75, 3.05) is 17.2 Å². The van der Waals surface area contributed by atoms with Gasteiger partial charge in [-0.1, -0.05) is 103 Å². The first kappa shape index (κ1) is 30.6. The Kier molecular flexibility index (Phi) is 8.51. The highest BCUT2D eigenvalue weighted by Crippen LogP contribution is 2.60. The molecular formula is C37H36BrN3O4. The molecule has 4 aromatic rings. The Balaban J connectivity index is 1.64. The average molecular weight is 667 g/mol. The standard InChI is InChI=1S/C37H36BrN3O4/c1-4-45-31-18-12-11-17-29(31)40-36(44)41-30(21-23(2)3)32(24-13-7-5-8-14-24)33(34(42)25-15-9-6-10-16-25)37(41)27-22-26(38)19-20-28(27)39-35(37)43/h5-20,22-23,30,32-33H,4,21H2,1-3H3,(H,39,43)(H,40,44). The Morgan fingerprint density at radius 3 is 2.31 bits per heavy atom. The molecule has 230 valence electrons. The van der Waals surface area contributed by atoms with Gasteiger partial charge in [0.15, 0.2) is 11.3 Å². The number of Topliss-reactive ketones (excluding diaryl/α,β-unsaturated/α-hetero) is 1. The van der Waals surface area contributed by atoms with Gasteiger partial charge in [0, 0.05) is 33.2 Å². The molecule has 2 heterocycles. The van der Waals surface area contributed by atoms with E-state index in [1.54, 1.807) is 29.2 Å². The summed E-state index contributed by atoms with van der Waals surface area (Å²) in [6, 6.07) is 30.7. The molecule has 0 aliphatic carbocycles. The van der Waals surface area contributed by atoms with Crippen LogP contribution in [0.25, 0.3) is 0 Å². The van der Waals surface area contributed by atoms with Gasteiger partial charge >= 0.3 is 6.03 Å². The van der Waals surface area contributed by atoms with Crippen LogP contribution in [-0.2, 0) is 10.3 Å². The number of hydrogen-bond acceptors (Lipinski definition) is 4. The van der Waals surface area contributed by atoms with Crippen LogP contribution in [0.5, 0.6) is 5.75 Å². The molecule has 6 rings (SSSR count). The number of ketones is 1. The number of rotatable bonds is 8. The summed E-state index contributed by atoms with van der Waals surface area (Å²) in [7, 11) is 0. The molecule has 3 amide bonds. The van der Waals surface area contributed by atoms with Crippen molar-refractivity contribution in [1.82, 2.24) is 4.90 Å². The third-order valence-electron chi connectivity index (χ3n) is 8.81. The van der Waals surface area contributed by atoms with Crippen molar-refractivity contribution in [2.24, 2.45) is 11.8 Å². The van der Waals surface area contributed by atoms with Gasteiger partial charge in [-0.15, -0.1) is 0 Å². The number of nitrogens with zero attached hydrogens (tertiary/aromatic N) is 1. The maximum Gasteiger partial charge on any atom is 0.323 e. The molecule has 8 heteroatoms. The van der Waals surface area contributed by atoms with Crippen molar-refractivity contribution in [3.8, 4) is 5.75 Å². The van der Waals surface area contributed by atoms with Gasteiger partial charge in [0.25, 0.3) is 5.91 Å².